The molecule has 0 aromatic heterocycles. The first-order valence-electron chi connectivity index (χ1n) is 4.53. The average Bonchev–Trinajstić information content (AvgIpc) is 2.17. The zero-order valence-electron chi connectivity index (χ0n) is 8.23. The molecule has 0 saturated heterocycles. The third kappa shape index (κ3) is 3.52. The predicted molar refractivity (Wildman–Crippen MR) is 57.4 cm³/mol. The number of aliphatic hydroxyl groups excluding tert-OH is 1. The Bertz CT molecular complexity index is 344. The molecule has 1 rings (SSSR count). The molecule has 0 bridgehead atoms. The van der Waals surface area contributed by atoms with Crippen molar-refractivity contribution in [2.75, 3.05) is 6.54 Å². The summed E-state index contributed by atoms with van der Waals surface area (Å²) in [6, 6.07) is 2.52. The molecular weight excluding hydrogens is 268 g/mol. The number of halogens is 3. The van der Waals surface area contributed by atoms with E-state index in [1.807, 2.05) is 0 Å². The summed E-state index contributed by atoms with van der Waals surface area (Å²) in [4.78, 5) is 0. The molecule has 0 saturated carbocycles. The monoisotopic (exact) mass is 279 g/mol. The third-order valence-corrected chi connectivity index (χ3v) is 2.49. The lowest BCUT2D eigenvalue weighted by Crippen LogP contribution is -2.24. The highest BCUT2D eigenvalue weighted by Crippen LogP contribution is 2.21. The second-order valence-electron chi connectivity index (χ2n) is 3.30. The van der Waals surface area contributed by atoms with Crippen molar-refractivity contribution in [2.45, 2.75) is 19.6 Å². The van der Waals surface area contributed by atoms with E-state index in [1.54, 1.807) is 6.92 Å². The summed E-state index contributed by atoms with van der Waals surface area (Å²) in [5.74, 6) is -1.19. The number of hydrogen-bond acceptors (Lipinski definition) is 2. The van der Waals surface area contributed by atoms with Gasteiger partial charge in [-0.25, -0.2) is 8.78 Å². The van der Waals surface area contributed by atoms with Crippen LogP contribution >= 0.6 is 15.9 Å². The van der Waals surface area contributed by atoms with E-state index in [2.05, 4.69) is 21.2 Å². The molecule has 1 unspecified atom stereocenters. The molecule has 0 amide bonds. The molecule has 1 aromatic carbocycles. The summed E-state index contributed by atoms with van der Waals surface area (Å²) in [5, 5.41) is 11.7. The van der Waals surface area contributed by atoms with Gasteiger partial charge in [0.1, 0.15) is 11.6 Å². The van der Waals surface area contributed by atoms with E-state index in [0.29, 0.717) is 6.54 Å². The highest BCUT2D eigenvalue weighted by atomic mass is 79.9. The highest BCUT2D eigenvalue weighted by molar-refractivity contribution is 9.10. The van der Waals surface area contributed by atoms with Crippen LogP contribution in [0, 0.1) is 11.6 Å². The fraction of sp³-hybridized carbons (Fsp3) is 0.400. The first-order valence-corrected chi connectivity index (χ1v) is 5.33. The molecule has 5 heteroatoms. The first-order chi connectivity index (χ1) is 7.02. The number of aliphatic hydroxyl groups is 1. The van der Waals surface area contributed by atoms with Crippen LogP contribution in [0.2, 0.25) is 0 Å². The molecule has 15 heavy (non-hydrogen) atoms. The van der Waals surface area contributed by atoms with Crippen molar-refractivity contribution in [1.82, 2.24) is 5.32 Å². The van der Waals surface area contributed by atoms with Gasteiger partial charge in [-0.05, 0) is 35.0 Å². The number of rotatable bonds is 4. The Morgan fingerprint density at radius 2 is 2.13 bits per heavy atom. The van der Waals surface area contributed by atoms with E-state index in [-0.39, 0.29) is 16.6 Å². The Hall–Kier alpha value is -0.520. The van der Waals surface area contributed by atoms with Gasteiger partial charge in [0, 0.05) is 18.7 Å². The summed E-state index contributed by atoms with van der Waals surface area (Å²) < 4.78 is 26.8. The molecule has 0 heterocycles. The molecule has 0 spiro atoms. The van der Waals surface area contributed by atoms with Gasteiger partial charge in [-0.15, -0.1) is 0 Å². The van der Waals surface area contributed by atoms with Gasteiger partial charge in [0.2, 0.25) is 0 Å². The summed E-state index contributed by atoms with van der Waals surface area (Å²) in [7, 11) is 0. The third-order valence-electron chi connectivity index (χ3n) is 1.88. The average molecular weight is 280 g/mol. The molecule has 1 aromatic rings. The van der Waals surface area contributed by atoms with E-state index >= 15 is 0 Å². The second-order valence-corrected chi connectivity index (χ2v) is 4.16. The van der Waals surface area contributed by atoms with E-state index in [9.17, 15) is 8.78 Å². The summed E-state index contributed by atoms with van der Waals surface area (Å²) in [6.07, 6.45) is -0.539. The van der Waals surface area contributed by atoms with Crippen molar-refractivity contribution >= 4 is 15.9 Å². The van der Waals surface area contributed by atoms with E-state index < -0.39 is 17.7 Å². The number of hydrogen-bond donors (Lipinski definition) is 2. The molecule has 0 fully saturated rings. The normalized spacial score (nSPS) is 12.9. The largest absolute Gasteiger partial charge is 0.392 e. The van der Waals surface area contributed by atoms with Gasteiger partial charge >= 0.3 is 0 Å². The fourth-order valence-corrected chi connectivity index (χ4v) is 1.51. The van der Waals surface area contributed by atoms with Gasteiger partial charge in [0.05, 0.1) is 10.6 Å². The van der Waals surface area contributed by atoms with Gasteiger partial charge < -0.3 is 10.4 Å². The topological polar surface area (TPSA) is 32.3 Å². The minimum atomic E-state index is -0.604. The minimum Gasteiger partial charge on any atom is -0.392 e. The maximum absolute atomic E-state index is 13.4. The fourth-order valence-electron chi connectivity index (χ4n) is 1.14. The molecule has 1 atom stereocenters. The second kappa shape index (κ2) is 5.53. The van der Waals surface area contributed by atoms with E-state index in [0.717, 1.165) is 0 Å². The molecule has 0 radical (unpaired) electrons. The molecule has 2 N–H and O–H groups in total. The van der Waals surface area contributed by atoms with Crippen LogP contribution in [0.15, 0.2) is 16.6 Å². The molecule has 84 valence electrons. The number of nitrogens with one attached hydrogen (secondary N) is 1. The summed E-state index contributed by atoms with van der Waals surface area (Å²) in [6.45, 7) is 1.95. The van der Waals surface area contributed by atoms with Crippen LogP contribution in [0.4, 0.5) is 8.78 Å². The van der Waals surface area contributed by atoms with Gasteiger partial charge in [0.15, 0.2) is 0 Å². The van der Waals surface area contributed by atoms with Crippen LogP contribution in [-0.4, -0.2) is 17.8 Å². The smallest absolute Gasteiger partial charge is 0.144 e. The Morgan fingerprint density at radius 3 is 2.73 bits per heavy atom. The van der Waals surface area contributed by atoms with E-state index in [4.69, 9.17) is 5.11 Å². The highest BCUT2D eigenvalue weighted by Gasteiger charge is 2.11. The molecule has 2 nitrogen and oxygen atoms in total. The molecule has 0 aliphatic rings. The van der Waals surface area contributed by atoms with Crippen LogP contribution in [0.25, 0.3) is 0 Å². The quantitative estimate of drug-likeness (QED) is 0.829. The van der Waals surface area contributed by atoms with Crippen molar-refractivity contribution in [3.63, 3.8) is 0 Å². The van der Waals surface area contributed by atoms with Crippen molar-refractivity contribution < 1.29 is 13.9 Å². The van der Waals surface area contributed by atoms with Crippen LogP contribution in [0.3, 0.4) is 0 Å². The van der Waals surface area contributed by atoms with Gasteiger partial charge in [-0.1, -0.05) is 0 Å². The van der Waals surface area contributed by atoms with Gasteiger partial charge in [0.25, 0.3) is 0 Å². The van der Waals surface area contributed by atoms with Crippen molar-refractivity contribution in [2.24, 2.45) is 0 Å². The first kappa shape index (κ1) is 12.5. The predicted octanol–water partition coefficient (Wildman–Crippen LogP) is 2.20. The minimum absolute atomic E-state index is 0.0231. The molecule has 0 aliphatic carbocycles. The lowest BCUT2D eigenvalue weighted by Gasteiger charge is -2.09. The Balaban J connectivity index is 2.71. The van der Waals surface area contributed by atoms with E-state index in [1.165, 1.54) is 12.1 Å². The molecular formula is C10H12BrF2NO. The molecule has 0 aliphatic heterocycles. The summed E-state index contributed by atoms with van der Waals surface area (Å²) >= 11 is 2.98. The standard InChI is InChI=1S/C10H12BrF2NO/c1-6(15)4-14-5-7-9(12)3-2-8(11)10(7)13/h2-3,6,14-15H,4-5H2,1H3. The van der Waals surface area contributed by atoms with Gasteiger partial charge in [-0.3, -0.25) is 0 Å². The van der Waals surface area contributed by atoms with Gasteiger partial charge in [-0.2, -0.15) is 0 Å². The van der Waals surface area contributed by atoms with Crippen LogP contribution in [0.1, 0.15) is 12.5 Å². The Labute approximate surface area is 95.4 Å². The Morgan fingerprint density at radius 1 is 1.47 bits per heavy atom. The zero-order chi connectivity index (χ0) is 11.4. The Kier molecular flexibility index (Phi) is 4.63. The maximum Gasteiger partial charge on any atom is 0.144 e. The number of benzene rings is 1. The van der Waals surface area contributed by atoms with Crippen molar-refractivity contribution in [3.8, 4) is 0 Å². The van der Waals surface area contributed by atoms with Crippen LogP contribution in [0.5, 0.6) is 0 Å². The SMILES string of the molecule is CC(O)CNCc1c(F)ccc(Br)c1F. The van der Waals surface area contributed by atoms with Crippen LogP contribution < -0.4 is 5.32 Å². The maximum atomic E-state index is 13.4. The lowest BCUT2D eigenvalue weighted by molar-refractivity contribution is 0.190. The summed E-state index contributed by atoms with van der Waals surface area (Å²) in [5.41, 5.74) is -0.0231. The van der Waals surface area contributed by atoms with Crippen molar-refractivity contribution in [1.29, 1.82) is 0 Å². The van der Waals surface area contributed by atoms with Crippen molar-refractivity contribution in [3.05, 3.63) is 33.8 Å². The zero-order valence-corrected chi connectivity index (χ0v) is 9.81. The van der Waals surface area contributed by atoms with Crippen LogP contribution in [-0.2, 0) is 6.54 Å². The lowest BCUT2D eigenvalue weighted by atomic mass is 10.2.